The summed E-state index contributed by atoms with van der Waals surface area (Å²) in [6, 6.07) is 3.68. The molecule has 1 aromatic carbocycles. The van der Waals surface area contributed by atoms with Crippen molar-refractivity contribution >= 4 is 31.9 Å². The number of benzene rings is 1. The second kappa shape index (κ2) is 6.51. The molecule has 0 amide bonds. The van der Waals surface area contributed by atoms with Gasteiger partial charge in [0, 0.05) is 16.6 Å². The summed E-state index contributed by atoms with van der Waals surface area (Å²) in [5.74, 6) is 0.657. The van der Waals surface area contributed by atoms with E-state index in [0.29, 0.717) is 12.3 Å². The van der Waals surface area contributed by atoms with Crippen molar-refractivity contribution in [3.8, 4) is 5.75 Å². The van der Waals surface area contributed by atoms with Crippen LogP contribution in [0, 0.1) is 0 Å². The Hall–Kier alpha value is -0.200. The zero-order valence-electron chi connectivity index (χ0n) is 8.57. The predicted molar refractivity (Wildman–Crippen MR) is 66.1 cm³/mol. The largest absolute Gasteiger partial charge is 0.495 e. The van der Waals surface area contributed by atoms with Crippen molar-refractivity contribution in [1.82, 2.24) is 5.32 Å². The quantitative estimate of drug-likeness (QED) is 0.868. The van der Waals surface area contributed by atoms with Gasteiger partial charge in [-0.1, -0.05) is 15.9 Å². The fourth-order valence-electron chi connectivity index (χ4n) is 1.29. The lowest BCUT2D eigenvalue weighted by Gasteiger charge is -2.12. The Morgan fingerprint density at radius 2 is 2.06 bits per heavy atom. The van der Waals surface area contributed by atoms with E-state index in [1.54, 1.807) is 7.11 Å². The molecule has 0 heterocycles. The maximum absolute atomic E-state index is 12.0. The van der Waals surface area contributed by atoms with Crippen LogP contribution in [0.1, 0.15) is 5.56 Å². The highest BCUT2D eigenvalue weighted by Gasteiger charge is 2.09. The fraction of sp³-hybridized carbons (Fsp3) is 0.400. The van der Waals surface area contributed by atoms with Crippen LogP contribution in [0.3, 0.4) is 0 Å². The van der Waals surface area contributed by atoms with Gasteiger partial charge >= 0.3 is 0 Å². The summed E-state index contributed by atoms with van der Waals surface area (Å²) in [6.45, 7) is 0.0127. The van der Waals surface area contributed by atoms with Crippen molar-refractivity contribution in [2.45, 2.75) is 13.0 Å². The van der Waals surface area contributed by atoms with E-state index in [-0.39, 0.29) is 6.54 Å². The highest BCUT2D eigenvalue weighted by Crippen LogP contribution is 2.32. The summed E-state index contributed by atoms with van der Waals surface area (Å²) in [5, 5.41) is 2.66. The topological polar surface area (TPSA) is 21.3 Å². The molecular weight excluding hydrogens is 348 g/mol. The molecule has 16 heavy (non-hydrogen) atoms. The van der Waals surface area contributed by atoms with E-state index in [2.05, 4.69) is 37.2 Å². The van der Waals surface area contributed by atoms with Crippen molar-refractivity contribution < 1.29 is 13.5 Å². The smallest absolute Gasteiger partial charge is 0.250 e. The number of ether oxygens (including phenoxy) is 1. The first-order valence-corrected chi connectivity index (χ1v) is 6.14. The van der Waals surface area contributed by atoms with Gasteiger partial charge in [0.25, 0.3) is 6.43 Å². The molecule has 0 spiro atoms. The van der Waals surface area contributed by atoms with Gasteiger partial charge in [-0.3, -0.25) is 0 Å². The molecule has 2 nitrogen and oxygen atoms in total. The van der Waals surface area contributed by atoms with E-state index in [9.17, 15) is 8.78 Å². The van der Waals surface area contributed by atoms with Crippen molar-refractivity contribution in [3.63, 3.8) is 0 Å². The average Bonchev–Trinajstić information content (AvgIpc) is 2.16. The summed E-state index contributed by atoms with van der Waals surface area (Å²) in [6.07, 6.45) is -2.35. The predicted octanol–water partition coefficient (Wildman–Crippen LogP) is 3.57. The zero-order chi connectivity index (χ0) is 12.1. The normalized spacial score (nSPS) is 10.9. The Labute approximate surface area is 110 Å². The minimum Gasteiger partial charge on any atom is -0.495 e. The summed E-state index contributed by atoms with van der Waals surface area (Å²) in [7, 11) is 1.55. The maximum Gasteiger partial charge on any atom is 0.250 e. The first-order chi connectivity index (χ1) is 7.54. The Morgan fingerprint density at radius 3 is 2.62 bits per heavy atom. The van der Waals surface area contributed by atoms with E-state index in [0.717, 1.165) is 14.5 Å². The molecule has 6 heteroatoms. The zero-order valence-corrected chi connectivity index (χ0v) is 11.7. The second-order valence-electron chi connectivity index (χ2n) is 3.10. The van der Waals surface area contributed by atoms with Gasteiger partial charge in [-0.15, -0.1) is 0 Å². The number of hydrogen-bond acceptors (Lipinski definition) is 2. The molecule has 0 aliphatic carbocycles. The van der Waals surface area contributed by atoms with E-state index in [1.165, 1.54) is 0 Å². The molecule has 0 atom stereocenters. The first-order valence-electron chi connectivity index (χ1n) is 4.55. The lowest BCUT2D eigenvalue weighted by Crippen LogP contribution is -2.21. The van der Waals surface area contributed by atoms with Crippen molar-refractivity contribution in [2.24, 2.45) is 0 Å². The molecule has 1 rings (SSSR count). The molecule has 0 aliphatic heterocycles. The van der Waals surface area contributed by atoms with Crippen molar-refractivity contribution in [1.29, 1.82) is 0 Å². The fourth-order valence-corrected chi connectivity index (χ4v) is 2.77. The van der Waals surface area contributed by atoms with Gasteiger partial charge in [0.2, 0.25) is 0 Å². The van der Waals surface area contributed by atoms with Gasteiger partial charge in [0.05, 0.1) is 18.1 Å². The van der Waals surface area contributed by atoms with Gasteiger partial charge in [0.1, 0.15) is 5.75 Å². The second-order valence-corrected chi connectivity index (χ2v) is 4.87. The lowest BCUT2D eigenvalue weighted by atomic mass is 10.2. The summed E-state index contributed by atoms with van der Waals surface area (Å²) in [4.78, 5) is 0. The number of rotatable bonds is 5. The SMILES string of the molecule is COc1c(Br)cc(Br)cc1CNCC(F)F. The molecular formula is C10H11Br2F2NO. The van der Waals surface area contributed by atoms with Crippen LogP contribution < -0.4 is 10.1 Å². The highest BCUT2D eigenvalue weighted by molar-refractivity contribution is 9.11. The molecule has 0 bridgehead atoms. The third-order valence-corrected chi connectivity index (χ3v) is 2.95. The highest BCUT2D eigenvalue weighted by atomic mass is 79.9. The molecule has 0 aliphatic rings. The van der Waals surface area contributed by atoms with Gasteiger partial charge in [-0.05, 0) is 28.1 Å². The molecule has 0 saturated heterocycles. The number of methoxy groups -OCH3 is 1. The Kier molecular flexibility index (Phi) is 5.64. The number of hydrogen-bond donors (Lipinski definition) is 1. The Bertz CT molecular complexity index is 361. The number of halogens is 4. The van der Waals surface area contributed by atoms with E-state index in [1.807, 2.05) is 12.1 Å². The van der Waals surface area contributed by atoms with Crippen LogP contribution in [0.2, 0.25) is 0 Å². The summed E-state index contributed by atoms with van der Waals surface area (Å²) < 4.78 is 30.8. The molecule has 0 unspecified atom stereocenters. The lowest BCUT2D eigenvalue weighted by molar-refractivity contribution is 0.145. The maximum atomic E-state index is 12.0. The molecule has 90 valence electrons. The van der Waals surface area contributed by atoms with E-state index < -0.39 is 6.43 Å². The van der Waals surface area contributed by atoms with Gasteiger partial charge in [0.15, 0.2) is 0 Å². The first kappa shape index (κ1) is 13.9. The van der Waals surface area contributed by atoms with Crippen LogP contribution in [0.15, 0.2) is 21.1 Å². The van der Waals surface area contributed by atoms with Crippen LogP contribution in [0.25, 0.3) is 0 Å². The number of nitrogens with one attached hydrogen (secondary N) is 1. The van der Waals surface area contributed by atoms with Crippen molar-refractivity contribution in [3.05, 3.63) is 26.6 Å². The molecule has 0 saturated carbocycles. The van der Waals surface area contributed by atoms with Gasteiger partial charge in [-0.2, -0.15) is 0 Å². The molecule has 0 radical (unpaired) electrons. The summed E-state index contributed by atoms with van der Waals surface area (Å²) >= 11 is 6.68. The molecule has 0 fully saturated rings. The number of alkyl halides is 2. The third-order valence-electron chi connectivity index (χ3n) is 1.90. The van der Waals surface area contributed by atoms with Crippen LogP contribution in [0.4, 0.5) is 8.78 Å². The molecule has 1 N–H and O–H groups in total. The van der Waals surface area contributed by atoms with Crippen molar-refractivity contribution in [2.75, 3.05) is 13.7 Å². The van der Waals surface area contributed by atoms with Gasteiger partial charge in [-0.25, -0.2) is 8.78 Å². The molecule has 1 aromatic rings. The monoisotopic (exact) mass is 357 g/mol. The Morgan fingerprint density at radius 1 is 1.38 bits per heavy atom. The summed E-state index contributed by atoms with van der Waals surface area (Å²) in [5.41, 5.74) is 0.824. The van der Waals surface area contributed by atoms with Gasteiger partial charge < -0.3 is 10.1 Å². The minimum absolute atomic E-state index is 0.326. The third kappa shape index (κ3) is 3.99. The van der Waals surface area contributed by atoms with Crippen LogP contribution in [-0.2, 0) is 6.54 Å². The van der Waals surface area contributed by atoms with E-state index in [4.69, 9.17) is 4.74 Å². The Balaban J connectivity index is 2.77. The average molecular weight is 359 g/mol. The van der Waals surface area contributed by atoms with Crippen LogP contribution in [-0.4, -0.2) is 20.1 Å². The standard InChI is InChI=1S/C10H11Br2F2NO/c1-16-10-6(4-15-5-9(13)14)2-7(11)3-8(10)12/h2-3,9,15H,4-5H2,1H3. The van der Waals surface area contributed by atoms with E-state index >= 15 is 0 Å². The molecule has 0 aromatic heterocycles. The minimum atomic E-state index is -2.35. The van der Waals surface area contributed by atoms with Crippen LogP contribution >= 0.6 is 31.9 Å². The van der Waals surface area contributed by atoms with Crippen LogP contribution in [0.5, 0.6) is 5.75 Å².